The fraction of sp³-hybridized carbons (Fsp3) is 0.833. The van der Waals surface area contributed by atoms with E-state index >= 15 is 0 Å². The summed E-state index contributed by atoms with van der Waals surface area (Å²) in [6.07, 6.45) is 3.91. The van der Waals surface area contributed by atoms with Gasteiger partial charge in [-0.2, -0.15) is 4.98 Å². The lowest BCUT2D eigenvalue weighted by molar-refractivity contribution is 0.249. The van der Waals surface area contributed by atoms with E-state index in [0.29, 0.717) is 24.3 Å². The van der Waals surface area contributed by atoms with Crippen LogP contribution in [0.15, 0.2) is 9.52 Å². The van der Waals surface area contributed by atoms with Gasteiger partial charge in [-0.05, 0) is 39.3 Å². The zero-order valence-electron chi connectivity index (χ0n) is 16.1. The van der Waals surface area contributed by atoms with Crippen LogP contribution >= 0.6 is 0 Å². The van der Waals surface area contributed by atoms with Crippen molar-refractivity contribution in [2.75, 3.05) is 32.7 Å². The van der Waals surface area contributed by atoms with Gasteiger partial charge >= 0.3 is 0 Å². The molecule has 0 amide bonds. The number of likely N-dealkylation sites (tertiary alicyclic amines) is 2. The molecule has 1 aromatic heterocycles. The van der Waals surface area contributed by atoms with Gasteiger partial charge in [0.2, 0.25) is 5.89 Å². The number of nitrogens with zero attached hydrogens (tertiary/aromatic N) is 5. The second-order valence-corrected chi connectivity index (χ2v) is 8.07. The van der Waals surface area contributed by atoms with Gasteiger partial charge in [-0.3, -0.25) is 4.90 Å². The predicted octanol–water partition coefficient (Wildman–Crippen LogP) is 2.00. The van der Waals surface area contributed by atoms with E-state index in [1.54, 1.807) is 0 Å². The van der Waals surface area contributed by atoms with Crippen LogP contribution < -0.4 is 5.32 Å². The minimum atomic E-state index is -0.128. The van der Waals surface area contributed by atoms with Crippen molar-refractivity contribution in [3.8, 4) is 0 Å². The summed E-state index contributed by atoms with van der Waals surface area (Å²) in [4.78, 5) is 14.2. The first-order valence-electron chi connectivity index (χ1n) is 9.57. The molecule has 25 heavy (non-hydrogen) atoms. The third-order valence-corrected chi connectivity index (χ3v) is 4.93. The van der Waals surface area contributed by atoms with Gasteiger partial charge < -0.3 is 14.7 Å². The number of rotatable bonds is 4. The topological polar surface area (TPSA) is 69.8 Å². The Balaban J connectivity index is 1.62. The van der Waals surface area contributed by atoms with E-state index in [1.165, 1.54) is 32.4 Å². The highest BCUT2D eigenvalue weighted by Gasteiger charge is 2.30. The minimum Gasteiger partial charge on any atom is -0.357 e. The molecular weight excluding hydrogens is 316 g/mol. The zero-order chi connectivity index (χ0) is 17.9. The smallest absolute Gasteiger partial charge is 0.232 e. The molecule has 2 fully saturated rings. The van der Waals surface area contributed by atoms with Gasteiger partial charge in [0.15, 0.2) is 11.8 Å². The van der Waals surface area contributed by atoms with Crippen LogP contribution in [0.1, 0.15) is 58.7 Å². The van der Waals surface area contributed by atoms with E-state index in [2.05, 4.69) is 53.0 Å². The molecule has 2 aliphatic heterocycles. The summed E-state index contributed by atoms with van der Waals surface area (Å²) < 4.78 is 5.36. The Labute approximate surface area is 150 Å². The van der Waals surface area contributed by atoms with Gasteiger partial charge in [-0.1, -0.05) is 25.9 Å². The van der Waals surface area contributed by atoms with Crippen LogP contribution in [0.25, 0.3) is 0 Å². The van der Waals surface area contributed by atoms with Crippen molar-refractivity contribution in [1.82, 2.24) is 25.3 Å². The van der Waals surface area contributed by atoms with Crippen molar-refractivity contribution < 1.29 is 4.52 Å². The number of guanidine groups is 1. The second-order valence-electron chi connectivity index (χ2n) is 8.07. The van der Waals surface area contributed by atoms with E-state index in [-0.39, 0.29) is 5.41 Å². The van der Waals surface area contributed by atoms with Crippen LogP contribution in [0.3, 0.4) is 0 Å². The molecule has 1 aromatic rings. The van der Waals surface area contributed by atoms with Crippen LogP contribution in [0.4, 0.5) is 0 Å². The number of hydrogen-bond acceptors (Lipinski definition) is 5. The fourth-order valence-electron chi connectivity index (χ4n) is 3.53. The molecular formula is C18H32N6O. The lowest BCUT2D eigenvalue weighted by atomic mass is 9.97. The highest BCUT2D eigenvalue weighted by atomic mass is 16.5. The summed E-state index contributed by atoms with van der Waals surface area (Å²) in [6.45, 7) is 14.3. The van der Waals surface area contributed by atoms with Gasteiger partial charge in [-0.15, -0.1) is 0 Å². The van der Waals surface area contributed by atoms with Gasteiger partial charge in [0.05, 0.1) is 0 Å². The summed E-state index contributed by atoms with van der Waals surface area (Å²) in [5.41, 5.74) is -0.128. The highest BCUT2D eigenvalue weighted by molar-refractivity contribution is 5.80. The maximum absolute atomic E-state index is 5.36. The summed E-state index contributed by atoms with van der Waals surface area (Å²) in [5, 5.41) is 7.49. The van der Waals surface area contributed by atoms with Crippen LogP contribution in [0.2, 0.25) is 0 Å². The lowest BCUT2D eigenvalue weighted by Crippen LogP contribution is -2.42. The molecule has 0 spiro atoms. The Morgan fingerprint density at radius 2 is 2.04 bits per heavy atom. The average Bonchev–Trinajstić information content (AvgIpc) is 3.31. The normalized spacial score (nSPS) is 22.8. The first-order valence-corrected chi connectivity index (χ1v) is 9.57. The molecule has 1 atom stereocenters. The van der Waals surface area contributed by atoms with Crippen LogP contribution in [0.5, 0.6) is 0 Å². The van der Waals surface area contributed by atoms with E-state index in [4.69, 9.17) is 9.52 Å². The predicted molar refractivity (Wildman–Crippen MR) is 98.6 cm³/mol. The largest absolute Gasteiger partial charge is 0.357 e. The molecule has 7 nitrogen and oxygen atoms in total. The SMILES string of the molecule is CCNC(=NCc1noc(C(C)(C)C)n1)N1CCC(N2CCCC2)C1. The minimum absolute atomic E-state index is 0.128. The molecule has 0 aromatic carbocycles. The molecule has 7 heteroatoms. The van der Waals surface area contributed by atoms with E-state index < -0.39 is 0 Å². The highest BCUT2D eigenvalue weighted by Crippen LogP contribution is 2.21. The Hall–Kier alpha value is -1.63. The summed E-state index contributed by atoms with van der Waals surface area (Å²) in [6, 6.07) is 0.670. The monoisotopic (exact) mass is 348 g/mol. The Morgan fingerprint density at radius 1 is 1.28 bits per heavy atom. The molecule has 140 valence electrons. The van der Waals surface area contributed by atoms with Gasteiger partial charge in [0.25, 0.3) is 0 Å². The number of nitrogens with one attached hydrogen (secondary N) is 1. The Kier molecular flexibility index (Phi) is 5.61. The Morgan fingerprint density at radius 3 is 2.68 bits per heavy atom. The lowest BCUT2D eigenvalue weighted by Gasteiger charge is -2.25. The van der Waals surface area contributed by atoms with E-state index in [9.17, 15) is 0 Å². The number of hydrogen-bond donors (Lipinski definition) is 1. The quantitative estimate of drug-likeness (QED) is 0.663. The number of aromatic nitrogens is 2. The molecule has 1 unspecified atom stereocenters. The van der Waals surface area contributed by atoms with Crippen molar-refractivity contribution >= 4 is 5.96 Å². The molecule has 3 heterocycles. The van der Waals surface area contributed by atoms with Crippen molar-refractivity contribution in [1.29, 1.82) is 0 Å². The molecule has 0 radical (unpaired) electrons. The number of aliphatic imine (C=N–C) groups is 1. The third kappa shape index (κ3) is 4.51. The van der Waals surface area contributed by atoms with Crippen molar-refractivity contribution in [2.45, 2.75) is 65.0 Å². The Bertz CT molecular complexity index is 585. The maximum atomic E-state index is 5.36. The van der Waals surface area contributed by atoms with Crippen molar-refractivity contribution in [3.63, 3.8) is 0 Å². The average molecular weight is 348 g/mol. The van der Waals surface area contributed by atoms with Crippen LogP contribution in [-0.4, -0.2) is 64.7 Å². The van der Waals surface area contributed by atoms with Gasteiger partial charge in [-0.25, -0.2) is 4.99 Å². The second kappa shape index (κ2) is 7.72. The third-order valence-electron chi connectivity index (χ3n) is 4.93. The fourth-order valence-corrected chi connectivity index (χ4v) is 3.53. The van der Waals surface area contributed by atoms with Crippen molar-refractivity contribution in [3.05, 3.63) is 11.7 Å². The van der Waals surface area contributed by atoms with Gasteiger partial charge in [0.1, 0.15) is 6.54 Å². The maximum Gasteiger partial charge on any atom is 0.232 e. The summed E-state index contributed by atoms with van der Waals surface area (Å²) in [7, 11) is 0. The molecule has 2 saturated heterocycles. The molecule has 1 N–H and O–H groups in total. The summed E-state index contributed by atoms with van der Waals surface area (Å²) >= 11 is 0. The molecule has 0 saturated carbocycles. The molecule has 0 aliphatic carbocycles. The molecule has 2 aliphatic rings. The van der Waals surface area contributed by atoms with E-state index in [1.807, 2.05) is 0 Å². The summed E-state index contributed by atoms with van der Waals surface area (Å²) in [5.74, 6) is 2.28. The van der Waals surface area contributed by atoms with Crippen LogP contribution in [-0.2, 0) is 12.0 Å². The zero-order valence-corrected chi connectivity index (χ0v) is 16.1. The first kappa shape index (κ1) is 18.2. The van der Waals surface area contributed by atoms with Crippen molar-refractivity contribution in [2.24, 2.45) is 4.99 Å². The molecule has 3 rings (SSSR count). The first-order chi connectivity index (χ1) is 12.0. The van der Waals surface area contributed by atoms with Crippen LogP contribution in [0, 0.1) is 0 Å². The van der Waals surface area contributed by atoms with Gasteiger partial charge in [0, 0.05) is 31.1 Å². The molecule has 0 bridgehead atoms. The standard InChI is InChI=1S/C18H32N6O/c1-5-19-17(20-12-15-21-16(25-22-15)18(2,3)4)24-11-8-14(13-24)23-9-6-7-10-23/h14H,5-13H2,1-4H3,(H,19,20). The van der Waals surface area contributed by atoms with E-state index in [0.717, 1.165) is 25.6 Å².